The van der Waals surface area contributed by atoms with Crippen molar-refractivity contribution in [2.24, 2.45) is 0 Å². The van der Waals surface area contributed by atoms with Crippen LogP contribution < -0.4 is 5.32 Å². The molecule has 10 heteroatoms. The number of imide groups is 1. The second kappa shape index (κ2) is 7.23. The zero-order chi connectivity index (χ0) is 20.8. The first-order valence-electron chi connectivity index (χ1n) is 8.28. The molecule has 2 aromatic carbocycles. The molecule has 0 bridgehead atoms. The van der Waals surface area contributed by atoms with Crippen LogP contribution in [0.5, 0.6) is 0 Å². The summed E-state index contributed by atoms with van der Waals surface area (Å²) in [5, 5.41) is 8.98. The Morgan fingerprint density at radius 2 is 1.93 bits per heavy atom. The molecule has 1 aliphatic heterocycles. The van der Waals surface area contributed by atoms with Gasteiger partial charge in [0.1, 0.15) is 0 Å². The van der Waals surface area contributed by atoms with Gasteiger partial charge in [-0.2, -0.15) is 18.3 Å². The van der Waals surface area contributed by atoms with Crippen molar-refractivity contribution in [3.63, 3.8) is 0 Å². The minimum atomic E-state index is -4.62. The molecule has 2 N–H and O–H groups in total. The van der Waals surface area contributed by atoms with Crippen LogP contribution in [0.25, 0.3) is 16.5 Å². The van der Waals surface area contributed by atoms with Gasteiger partial charge in [0, 0.05) is 10.4 Å². The molecule has 3 aromatic rings. The highest BCUT2D eigenvalue weighted by Crippen LogP contribution is 2.39. The minimum Gasteiger partial charge on any atom is -0.282 e. The van der Waals surface area contributed by atoms with Gasteiger partial charge in [-0.05, 0) is 59.1 Å². The molecule has 0 radical (unpaired) electrons. The second-order valence-electron chi connectivity index (χ2n) is 6.30. The molecule has 0 saturated carbocycles. The number of aromatic nitrogens is 2. The number of aromatic amines is 1. The lowest BCUT2D eigenvalue weighted by atomic mass is 9.93. The lowest BCUT2D eigenvalue weighted by Gasteiger charge is -2.16. The normalized spacial score (nSPS) is 16.4. The highest BCUT2D eigenvalue weighted by atomic mass is 35.5. The molecule has 2 heterocycles. The number of alkyl halides is 3. The quantitative estimate of drug-likeness (QED) is 0.554. The van der Waals surface area contributed by atoms with E-state index in [1.807, 2.05) is 0 Å². The van der Waals surface area contributed by atoms with E-state index in [1.165, 1.54) is 12.1 Å². The predicted molar refractivity (Wildman–Crippen MR) is 104 cm³/mol. The Hall–Kier alpha value is -2.78. The number of amides is 2. The molecular formula is C19H11ClF3N3O2S. The number of halogens is 4. The van der Waals surface area contributed by atoms with Gasteiger partial charge in [-0.1, -0.05) is 23.7 Å². The highest BCUT2D eigenvalue weighted by molar-refractivity contribution is 8.18. The van der Waals surface area contributed by atoms with Crippen molar-refractivity contribution in [3.8, 4) is 0 Å². The van der Waals surface area contributed by atoms with Gasteiger partial charge in [0.15, 0.2) is 0 Å². The molecule has 1 fully saturated rings. The third-order valence-electron chi connectivity index (χ3n) is 4.42. The van der Waals surface area contributed by atoms with Crippen LogP contribution in [0.3, 0.4) is 0 Å². The van der Waals surface area contributed by atoms with Gasteiger partial charge in [-0.15, -0.1) is 0 Å². The van der Waals surface area contributed by atoms with E-state index in [2.05, 4.69) is 15.5 Å². The van der Waals surface area contributed by atoms with Gasteiger partial charge in [-0.25, -0.2) is 0 Å². The number of H-pyrrole nitrogens is 1. The van der Waals surface area contributed by atoms with Crippen LogP contribution in [-0.2, 0) is 17.4 Å². The Kier molecular flexibility index (Phi) is 4.87. The number of carbonyl (C=O) groups is 2. The van der Waals surface area contributed by atoms with Crippen LogP contribution >= 0.6 is 23.4 Å². The van der Waals surface area contributed by atoms with Gasteiger partial charge in [0.2, 0.25) is 0 Å². The fourth-order valence-corrected chi connectivity index (χ4v) is 4.07. The Labute approximate surface area is 171 Å². The summed E-state index contributed by atoms with van der Waals surface area (Å²) in [6.45, 7) is 0. The Balaban J connectivity index is 1.88. The van der Waals surface area contributed by atoms with Crippen molar-refractivity contribution in [3.05, 3.63) is 69.2 Å². The van der Waals surface area contributed by atoms with Crippen LogP contribution in [0.4, 0.5) is 18.0 Å². The summed E-state index contributed by atoms with van der Waals surface area (Å²) in [6.07, 6.45) is -3.26. The molecule has 1 aromatic heterocycles. The summed E-state index contributed by atoms with van der Waals surface area (Å²) < 4.78 is 40.6. The number of thioether (sulfide) groups is 1. The first-order chi connectivity index (χ1) is 13.7. The highest BCUT2D eigenvalue weighted by Gasteiger charge is 2.35. The topological polar surface area (TPSA) is 74.8 Å². The number of carbonyl (C=O) groups excluding carboxylic acids is 2. The molecule has 0 unspecified atom stereocenters. The van der Waals surface area contributed by atoms with E-state index >= 15 is 0 Å². The predicted octanol–water partition coefficient (Wildman–Crippen LogP) is 5.17. The van der Waals surface area contributed by atoms with E-state index in [0.717, 1.165) is 17.0 Å². The average molecular weight is 438 g/mol. The van der Waals surface area contributed by atoms with E-state index in [4.69, 9.17) is 11.6 Å². The summed E-state index contributed by atoms with van der Waals surface area (Å²) in [6, 6.07) is 8.58. The maximum atomic E-state index is 13.5. The van der Waals surface area contributed by atoms with Crippen LogP contribution in [0.2, 0.25) is 5.02 Å². The van der Waals surface area contributed by atoms with Crippen molar-refractivity contribution in [1.29, 1.82) is 0 Å². The molecule has 0 atom stereocenters. The summed E-state index contributed by atoms with van der Waals surface area (Å²) in [4.78, 5) is 24.0. The summed E-state index contributed by atoms with van der Waals surface area (Å²) in [7, 11) is 0. The molecule has 5 nitrogen and oxygen atoms in total. The number of nitrogens with zero attached hydrogens (tertiary/aromatic N) is 1. The van der Waals surface area contributed by atoms with Crippen LogP contribution in [0.15, 0.2) is 47.5 Å². The standard InChI is InChI=1S/C19H11ClF3N3O2S/c20-12-3-1-10(14(7-12)19(21,22)23)6-13(16-17(27)25-18(28)29-16)9-2-4-15-11(5-9)8-24-26-15/h1-5,7-8H,6H2,(H,24,26)(H,25,27,28)/b16-13-. The molecule has 0 aliphatic carbocycles. The smallest absolute Gasteiger partial charge is 0.282 e. The number of benzene rings is 2. The zero-order valence-electron chi connectivity index (χ0n) is 14.4. The van der Waals surface area contributed by atoms with Gasteiger partial charge in [0.25, 0.3) is 11.1 Å². The van der Waals surface area contributed by atoms with E-state index in [-0.39, 0.29) is 21.9 Å². The first-order valence-corrected chi connectivity index (χ1v) is 9.47. The third kappa shape index (κ3) is 3.88. The number of rotatable bonds is 3. The number of nitrogens with one attached hydrogen (secondary N) is 2. The first kappa shape index (κ1) is 19.5. The maximum absolute atomic E-state index is 13.5. The summed E-state index contributed by atoms with van der Waals surface area (Å²) >= 11 is 6.43. The van der Waals surface area contributed by atoms with Crippen molar-refractivity contribution in [2.75, 3.05) is 0 Å². The van der Waals surface area contributed by atoms with Crippen molar-refractivity contribution in [2.45, 2.75) is 12.6 Å². The second-order valence-corrected chi connectivity index (χ2v) is 7.72. The summed E-state index contributed by atoms with van der Waals surface area (Å²) in [5.41, 5.74) is 0.635. The van der Waals surface area contributed by atoms with Gasteiger partial charge >= 0.3 is 6.18 Å². The summed E-state index contributed by atoms with van der Waals surface area (Å²) in [5.74, 6) is -0.634. The minimum absolute atomic E-state index is 0.0433. The Morgan fingerprint density at radius 3 is 2.62 bits per heavy atom. The molecule has 4 rings (SSSR count). The van der Waals surface area contributed by atoms with Crippen molar-refractivity contribution < 1.29 is 22.8 Å². The third-order valence-corrected chi connectivity index (χ3v) is 5.58. The van der Waals surface area contributed by atoms with Crippen molar-refractivity contribution >= 4 is 51.0 Å². The number of fused-ring (bicyclic) bond motifs is 1. The van der Waals surface area contributed by atoms with Gasteiger partial charge < -0.3 is 0 Å². The van der Waals surface area contributed by atoms with Gasteiger partial charge in [0.05, 0.1) is 22.2 Å². The zero-order valence-corrected chi connectivity index (χ0v) is 16.0. The van der Waals surface area contributed by atoms with Gasteiger partial charge in [-0.3, -0.25) is 20.0 Å². The van der Waals surface area contributed by atoms with E-state index < -0.39 is 22.9 Å². The van der Waals surface area contributed by atoms with E-state index in [0.29, 0.717) is 22.9 Å². The Bertz CT molecular complexity index is 1190. The van der Waals surface area contributed by atoms with Crippen LogP contribution in [0.1, 0.15) is 16.7 Å². The fourth-order valence-electron chi connectivity index (χ4n) is 3.11. The molecule has 148 valence electrons. The molecular weight excluding hydrogens is 427 g/mol. The number of hydrogen-bond acceptors (Lipinski definition) is 4. The van der Waals surface area contributed by atoms with E-state index in [1.54, 1.807) is 24.4 Å². The average Bonchev–Trinajstić information content (AvgIpc) is 3.25. The molecule has 0 spiro atoms. The largest absolute Gasteiger partial charge is 0.416 e. The Morgan fingerprint density at radius 1 is 1.14 bits per heavy atom. The van der Waals surface area contributed by atoms with Crippen molar-refractivity contribution in [1.82, 2.24) is 15.5 Å². The molecule has 29 heavy (non-hydrogen) atoms. The maximum Gasteiger partial charge on any atom is 0.416 e. The van der Waals surface area contributed by atoms with Crippen LogP contribution in [0, 0.1) is 0 Å². The van der Waals surface area contributed by atoms with E-state index in [9.17, 15) is 22.8 Å². The number of hydrogen-bond donors (Lipinski definition) is 2. The SMILES string of the molecule is O=C1NC(=O)/C(=C(\Cc2ccc(Cl)cc2C(F)(F)F)c2ccc3[nH]ncc3c2)S1. The lowest BCUT2D eigenvalue weighted by Crippen LogP contribution is -2.18. The molecule has 2 amide bonds. The monoisotopic (exact) mass is 437 g/mol. The molecule has 1 aliphatic rings. The number of allylic oxidation sites excluding steroid dienone is 1. The van der Waals surface area contributed by atoms with Crippen LogP contribution in [-0.4, -0.2) is 21.3 Å². The lowest BCUT2D eigenvalue weighted by molar-refractivity contribution is -0.138. The fraction of sp³-hybridized carbons (Fsp3) is 0.105. The molecule has 1 saturated heterocycles.